The Kier molecular flexibility index (Phi) is 5.22. The molecule has 0 saturated carbocycles. The fourth-order valence-electron chi connectivity index (χ4n) is 1.07. The highest BCUT2D eigenvalue weighted by molar-refractivity contribution is 7.84. The van der Waals surface area contributed by atoms with E-state index in [0.29, 0.717) is 11.6 Å². The molecule has 84 valence electrons. The maximum Gasteiger partial charge on any atom is 0.0634 e. The van der Waals surface area contributed by atoms with Gasteiger partial charge in [-0.2, -0.15) is 0 Å². The summed E-state index contributed by atoms with van der Waals surface area (Å²) in [6, 6.07) is 1.88. The number of hydrogen-bond donors (Lipinski definition) is 1. The van der Waals surface area contributed by atoms with Crippen LogP contribution in [0.4, 0.5) is 0 Å². The molecule has 0 fully saturated rings. The van der Waals surface area contributed by atoms with Crippen molar-refractivity contribution in [1.82, 2.24) is 10.3 Å². The zero-order valence-corrected chi connectivity index (χ0v) is 10.4. The molecule has 1 aromatic heterocycles. The third kappa shape index (κ3) is 4.28. The SMILES string of the molecule is CC(CNCc1ccncc1Cl)S(C)=O. The fraction of sp³-hybridized carbons (Fsp3) is 0.500. The quantitative estimate of drug-likeness (QED) is 0.858. The van der Waals surface area contributed by atoms with Gasteiger partial charge < -0.3 is 5.32 Å². The highest BCUT2D eigenvalue weighted by Gasteiger charge is 2.05. The van der Waals surface area contributed by atoms with E-state index in [-0.39, 0.29) is 5.25 Å². The molecule has 0 bridgehead atoms. The van der Waals surface area contributed by atoms with E-state index in [1.54, 1.807) is 18.6 Å². The largest absolute Gasteiger partial charge is 0.311 e. The lowest BCUT2D eigenvalue weighted by molar-refractivity contribution is 0.647. The van der Waals surface area contributed by atoms with Crippen LogP contribution >= 0.6 is 11.6 Å². The lowest BCUT2D eigenvalue weighted by Crippen LogP contribution is -2.27. The van der Waals surface area contributed by atoms with Crippen molar-refractivity contribution in [2.75, 3.05) is 12.8 Å². The summed E-state index contributed by atoms with van der Waals surface area (Å²) in [5.74, 6) is 0. The Morgan fingerprint density at radius 3 is 3.00 bits per heavy atom. The molecule has 2 atom stereocenters. The van der Waals surface area contributed by atoms with Crippen LogP contribution in [0.15, 0.2) is 18.5 Å². The van der Waals surface area contributed by atoms with E-state index < -0.39 is 10.8 Å². The van der Waals surface area contributed by atoms with Gasteiger partial charge in [0.15, 0.2) is 0 Å². The lowest BCUT2D eigenvalue weighted by atomic mass is 10.2. The van der Waals surface area contributed by atoms with Gasteiger partial charge in [0.25, 0.3) is 0 Å². The highest BCUT2D eigenvalue weighted by atomic mass is 35.5. The van der Waals surface area contributed by atoms with Gasteiger partial charge in [-0.05, 0) is 18.6 Å². The Balaban J connectivity index is 2.38. The van der Waals surface area contributed by atoms with E-state index in [0.717, 1.165) is 12.1 Å². The molecule has 0 aliphatic carbocycles. The molecule has 0 amide bonds. The minimum absolute atomic E-state index is 0.158. The van der Waals surface area contributed by atoms with Crippen molar-refractivity contribution in [2.45, 2.75) is 18.7 Å². The first-order valence-electron chi connectivity index (χ1n) is 4.72. The van der Waals surface area contributed by atoms with Crippen molar-refractivity contribution in [1.29, 1.82) is 0 Å². The smallest absolute Gasteiger partial charge is 0.0634 e. The average molecular weight is 247 g/mol. The zero-order valence-electron chi connectivity index (χ0n) is 8.87. The molecule has 3 nitrogen and oxygen atoms in total. The maximum atomic E-state index is 11.1. The van der Waals surface area contributed by atoms with Crippen LogP contribution in [0.3, 0.4) is 0 Å². The van der Waals surface area contributed by atoms with E-state index in [1.807, 2.05) is 13.0 Å². The second-order valence-corrected chi connectivity index (χ2v) is 5.62. The van der Waals surface area contributed by atoms with Gasteiger partial charge in [-0.25, -0.2) is 0 Å². The molecule has 1 rings (SSSR count). The number of hydrogen-bond acceptors (Lipinski definition) is 3. The van der Waals surface area contributed by atoms with Crippen LogP contribution in [0.1, 0.15) is 12.5 Å². The first kappa shape index (κ1) is 12.6. The van der Waals surface area contributed by atoms with Gasteiger partial charge in [-0.15, -0.1) is 0 Å². The summed E-state index contributed by atoms with van der Waals surface area (Å²) >= 11 is 5.94. The molecule has 1 heterocycles. The van der Waals surface area contributed by atoms with Gasteiger partial charge in [-0.3, -0.25) is 9.19 Å². The molecule has 15 heavy (non-hydrogen) atoms. The number of halogens is 1. The van der Waals surface area contributed by atoms with Crippen LogP contribution in [0.25, 0.3) is 0 Å². The van der Waals surface area contributed by atoms with Crippen LogP contribution < -0.4 is 5.32 Å². The Labute approximate surface area is 97.7 Å². The molecule has 0 aromatic carbocycles. The van der Waals surface area contributed by atoms with Crippen LogP contribution in [0.2, 0.25) is 5.02 Å². The van der Waals surface area contributed by atoms with Gasteiger partial charge >= 0.3 is 0 Å². The molecule has 1 N–H and O–H groups in total. The number of rotatable bonds is 5. The monoisotopic (exact) mass is 246 g/mol. The average Bonchev–Trinajstić information content (AvgIpc) is 2.20. The predicted octanol–water partition coefficient (Wildman–Crippen LogP) is 1.59. The summed E-state index contributed by atoms with van der Waals surface area (Å²) in [6.45, 7) is 3.36. The van der Waals surface area contributed by atoms with Gasteiger partial charge in [0.05, 0.1) is 5.02 Å². The Morgan fingerprint density at radius 1 is 1.67 bits per heavy atom. The molecular weight excluding hydrogens is 232 g/mol. The van der Waals surface area contributed by atoms with Gasteiger partial charge in [0.2, 0.25) is 0 Å². The molecule has 0 radical (unpaired) electrons. The lowest BCUT2D eigenvalue weighted by Gasteiger charge is -2.10. The second-order valence-electron chi connectivity index (χ2n) is 3.41. The normalized spacial score (nSPS) is 14.9. The van der Waals surface area contributed by atoms with Crippen molar-refractivity contribution in [3.05, 3.63) is 29.0 Å². The van der Waals surface area contributed by atoms with Crippen molar-refractivity contribution < 1.29 is 4.21 Å². The Morgan fingerprint density at radius 2 is 2.40 bits per heavy atom. The van der Waals surface area contributed by atoms with Crippen molar-refractivity contribution in [2.24, 2.45) is 0 Å². The fourth-order valence-corrected chi connectivity index (χ4v) is 1.61. The number of nitrogens with one attached hydrogen (secondary N) is 1. The summed E-state index contributed by atoms with van der Waals surface area (Å²) in [5, 5.41) is 4.04. The van der Waals surface area contributed by atoms with Gasteiger partial charge in [0.1, 0.15) is 0 Å². The van der Waals surface area contributed by atoms with Crippen LogP contribution in [0, 0.1) is 0 Å². The van der Waals surface area contributed by atoms with Crippen molar-refractivity contribution in [3.63, 3.8) is 0 Å². The third-order valence-corrected chi connectivity index (χ3v) is 3.81. The summed E-state index contributed by atoms with van der Waals surface area (Å²) in [5.41, 5.74) is 1.01. The van der Waals surface area contributed by atoms with E-state index >= 15 is 0 Å². The van der Waals surface area contributed by atoms with Gasteiger partial charge in [0, 0.05) is 47.8 Å². The topological polar surface area (TPSA) is 42.0 Å². The Hall–Kier alpha value is -0.450. The van der Waals surface area contributed by atoms with Crippen molar-refractivity contribution >= 4 is 22.4 Å². The number of nitrogens with zero attached hydrogens (tertiary/aromatic N) is 1. The first-order chi connectivity index (χ1) is 7.11. The minimum atomic E-state index is -0.781. The Bertz CT molecular complexity index is 346. The standard InChI is InChI=1S/C10H15ClN2OS/c1-8(15(2)14)5-13-6-9-3-4-12-7-10(9)11/h3-4,7-8,13H,5-6H2,1-2H3. The first-order valence-corrected chi connectivity index (χ1v) is 6.72. The third-order valence-electron chi connectivity index (χ3n) is 2.17. The summed E-state index contributed by atoms with van der Waals surface area (Å²) < 4.78 is 11.1. The molecule has 5 heteroatoms. The number of pyridine rings is 1. The van der Waals surface area contributed by atoms with Crippen LogP contribution in [0.5, 0.6) is 0 Å². The predicted molar refractivity (Wildman–Crippen MR) is 64.5 cm³/mol. The van der Waals surface area contributed by atoms with E-state index in [2.05, 4.69) is 10.3 Å². The number of aromatic nitrogens is 1. The van der Waals surface area contributed by atoms with Gasteiger partial charge in [-0.1, -0.05) is 11.6 Å². The molecule has 0 aliphatic rings. The molecule has 0 spiro atoms. The van der Waals surface area contributed by atoms with E-state index in [4.69, 9.17) is 11.6 Å². The van der Waals surface area contributed by atoms with Crippen molar-refractivity contribution in [3.8, 4) is 0 Å². The summed E-state index contributed by atoms with van der Waals surface area (Å²) in [6.07, 6.45) is 5.05. The van der Waals surface area contributed by atoms with Crippen LogP contribution in [-0.2, 0) is 17.3 Å². The molecule has 2 unspecified atom stereocenters. The minimum Gasteiger partial charge on any atom is -0.311 e. The maximum absolute atomic E-state index is 11.1. The molecule has 0 saturated heterocycles. The molecule has 0 aliphatic heterocycles. The second kappa shape index (κ2) is 6.20. The summed E-state index contributed by atoms with van der Waals surface area (Å²) in [7, 11) is -0.781. The summed E-state index contributed by atoms with van der Waals surface area (Å²) in [4.78, 5) is 3.91. The highest BCUT2D eigenvalue weighted by Crippen LogP contribution is 2.12. The molecular formula is C10H15ClN2OS. The molecule has 1 aromatic rings. The van der Waals surface area contributed by atoms with E-state index in [1.165, 1.54) is 0 Å². The van der Waals surface area contributed by atoms with E-state index in [9.17, 15) is 4.21 Å². The van der Waals surface area contributed by atoms with Crippen LogP contribution in [-0.4, -0.2) is 27.2 Å². The zero-order chi connectivity index (χ0) is 11.3.